The molecule has 2 heterocycles. The topological polar surface area (TPSA) is 74.6 Å². The van der Waals surface area contributed by atoms with Gasteiger partial charge in [0.2, 0.25) is 0 Å². The van der Waals surface area contributed by atoms with Gasteiger partial charge in [-0.15, -0.1) is 0 Å². The van der Waals surface area contributed by atoms with Crippen LogP contribution in [0.25, 0.3) is 0 Å². The van der Waals surface area contributed by atoms with Crippen molar-refractivity contribution < 1.29 is 17.5 Å². The lowest BCUT2D eigenvalue weighted by atomic mass is 10.7. The third-order valence-corrected chi connectivity index (χ3v) is 2.11. The van der Waals surface area contributed by atoms with E-state index >= 15 is 0 Å². The average molecular weight is 266 g/mol. The zero-order valence-electron chi connectivity index (χ0n) is 7.55. The highest BCUT2D eigenvalue weighted by Crippen LogP contribution is 1.92. The summed E-state index contributed by atoms with van der Waals surface area (Å²) in [6.45, 7) is 0. The van der Waals surface area contributed by atoms with E-state index in [4.69, 9.17) is 17.5 Å². The maximum atomic E-state index is 8.74. The predicted molar refractivity (Wildman–Crippen MR) is 62.8 cm³/mol. The molecule has 0 bridgehead atoms. The van der Waals surface area contributed by atoms with Crippen molar-refractivity contribution in [1.29, 1.82) is 0 Å². The van der Waals surface area contributed by atoms with E-state index in [2.05, 4.69) is 0 Å². The lowest BCUT2D eigenvalue weighted by molar-refractivity contribution is 0.381. The van der Waals surface area contributed by atoms with Gasteiger partial charge in [0.1, 0.15) is 0 Å². The van der Waals surface area contributed by atoms with Gasteiger partial charge >= 0.3 is 10.4 Å². The third-order valence-electron chi connectivity index (χ3n) is 0.851. The lowest BCUT2D eigenvalue weighted by Crippen LogP contribution is -1.89. The van der Waals surface area contributed by atoms with Gasteiger partial charge < -0.3 is 0 Å². The molecular formula is C8H10O4S3. The van der Waals surface area contributed by atoms with Crippen LogP contribution in [0.1, 0.15) is 0 Å². The Hall–Kier alpha value is -0.730. The first-order valence-corrected chi connectivity index (χ1v) is 6.92. The molecule has 0 aliphatic heterocycles. The molecule has 0 spiro atoms. The van der Waals surface area contributed by atoms with Gasteiger partial charge in [-0.2, -0.15) is 31.1 Å². The molecule has 0 radical (unpaired) electrons. The van der Waals surface area contributed by atoms with Gasteiger partial charge in [0.25, 0.3) is 0 Å². The van der Waals surface area contributed by atoms with E-state index in [-0.39, 0.29) is 0 Å². The molecule has 2 rings (SSSR count). The fraction of sp³-hybridized carbons (Fsp3) is 0. The molecule has 0 aliphatic carbocycles. The van der Waals surface area contributed by atoms with Gasteiger partial charge in [-0.05, 0) is 21.5 Å². The highest BCUT2D eigenvalue weighted by atomic mass is 32.3. The Kier molecular flexibility index (Phi) is 8.15. The van der Waals surface area contributed by atoms with Gasteiger partial charge in [-0.25, -0.2) is 0 Å². The molecule has 84 valence electrons. The summed E-state index contributed by atoms with van der Waals surface area (Å²) in [5.41, 5.74) is 0. The van der Waals surface area contributed by atoms with Crippen molar-refractivity contribution in [2.75, 3.05) is 0 Å². The highest BCUT2D eigenvalue weighted by molar-refractivity contribution is 7.79. The molecule has 2 aromatic rings. The Bertz CT molecular complexity index is 322. The maximum absolute atomic E-state index is 8.74. The number of thiophene rings is 2. The van der Waals surface area contributed by atoms with Gasteiger partial charge in [0, 0.05) is 0 Å². The zero-order chi connectivity index (χ0) is 11.6. The largest absolute Gasteiger partial charge is 0.394 e. The molecule has 0 unspecified atom stereocenters. The monoisotopic (exact) mass is 266 g/mol. The van der Waals surface area contributed by atoms with Gasteiger partial charge in [-0.3, -0.25) is 9.11 Å². The van der Waals surface area contributed by atoms with E-state index in [0.29, 0.717) is 0 Å². The van der Waals surface area contributed by atoms with Crippen molar-refractivity contribution in [3.63, 3.8) is 0 Å². The van der Waals surface area contributed by atoms with Crippen LogP contribution in [0, 0.1) is 0 Å². The molecule has 7 heteroatoms. The summed E-state index contributed by atoms with van der Waals surface area (Å²) in [6.07, 6.45) is 0. The Morgan fingerprint density at radius 2 is 0.933 bits per heavy atom. The summed E-state index contributed by atoms with van der Waals surface area (Å²) in [5.74, 6) is 0. The van der Waals surface area contributed by atoms with Crippen LogP contribution in [0.15, 0.2) is 45.8 Å². The van der Waals surface area contributed by atoms with E-state index in [9.17, 15) is 0 Å². The highest BCUT2D eigenvalue weighted by Gasteiger charge is 1.84. The van der Waals surface area contributed by atoms with Crippen LogP contribution in [-0.4, -0.2) is 17.5 Å². The van der Waals surface area contributed by atoms with Crippen LogP contribution in [0.2, 0.25) is 0 Å². The molecule has 2 N–H and O–H groups in total. The second-order valence-electron chi connectivity index (χ2n) is 2.03. The molecule has 0 saturated heterocycles. The molecule has 0 atom stereocenters. The van der Waals surface area contributed by atoms with Crippen molar-refractivity contribution in [1.82, 2.24) is 0 Å². The summed E-state index contributed by atoms with van der Waals surface area (Å²) >= 11 is 3.43. The Morgan fingerprint density at radius 3 is 1.00 bits per heavy atom. The van der Waals surface area contributed by atoms with Crippen LogP contribution >= 0.6 is 22.7 Å². The van der Waals surface area contributed by atoms with Gasteiger partial charge in [-0.1, -0.05) is 24.3 Å². The summed E-state index contributed by atoms with van der Waals surface area (Å²) in [6, 6.07) is 8.07. The van der Waals surface area contributed by atoms with E-state index < -0.39 is 10.4 Å². The minimum absolute atomic E-state index is 1.71. The van der Waals surface area contributed by atoms with Gasteiger partial charge in [0.05, 0.1) is 0 Å². The number of hydrogen-bond donors (Lipinski definition) is 2. The van der Waals surface area contributed by atoms with Crippen LogP contribution in [0.3, 0.4) is 0 Å². The fourth-order valence-electron chi connectivity index (χ4n) is 0.454. The van der Waals surface area contributed by atoms with Crippen molar-refractivity contribution in [3.05, 3.63) is 45.8 Å². The second kappa shape index (κ2) is 8.57. The minimum atomic E-state index is -4.67. The van der Waals surface area contributed by atoms with Gasteiger partial charge in [0.15, 0.2) is 0 Å². The molecule has 15 heavy (non-hydrogen) atoms. The fourth-order valence-corrected chi connectivity index (χ4v) is 1.36. The summed E-state index contributed by atoms with van der Waals surface area (Å²) in [4.78, 5) is 0. The van der Waals surface area contributed by atoms with E-state index in [0.717, 1.165) is 0 Å². The SMILES string of the molecule is O=S(=O)(O)O.c1ccsc1.c1ccsc1. The first-order valence-electron chi connectivity index (χ1n) is 3.64. The van der Waals surface area contributed by atoms with Crippen LogP contribution in [0.5, 0.6) is 0 Å². The van der Waals surface area contributed by atoms with Crippen LogP contribution < -0.4 is 0 Å². The smallest absolute Gasteiger partial charge is 0.264 e. The molecule has 0 amide bonds. The van der Waals surface area contributed by atoms with E-state index in [1.54, 1.807) is 22.7 Å². The zero-order valence-corrected chi connectivity index (χ0v) is 10.0. The normalized spacial score (nSPS) is 9.20. The molecular weight excluding hydrogens is 256 g/mol. The third kappa shape index (κ3) is 19.6. The molecule has 0 aromatic carbocycles. The summed E-state index contributed by atoms with van der Waals surface area (Å²) in [5, 5.41) is 8.17. The lowest BCUT2D eigenvalue weighted by Gasteiger charge is -1.68. The first kappa shape index (κ1) is 14.3. The van der Waals surface area contributed by atoms with Crippen molar-refractivity contribution in [2.24, 2.45) is 0 Å². The molecule has 0 fully saturated rings. The van der Waals surface area contributed by atoms with Crippen molar-refractivity contribution in [2.45, 2.75) is 0 Å². The maximum Gasteiger partial charge on any atom is 0.394 e. The molecule has 0 aliphatic rings. The summed E-state index contributed by atoms with van der Waals surface area (Å²) < 4.78 is 31.6. The summed E-state index contributed by atoms with van der Waals surface area (Å²) in [7, 11) is -4.67. The Balaban J connectivity index is 0.000000196. The van der Waals surface area contributed by atoms with Crippen molar-refractivity contribution in [3.8, 4) is 0 Å². The Labute approximate surface area is 96.4 Å². The Morgan fingerprint density at radius 1 is 0.733 bits per heavy atom. The number of rotatable bonds is 0. The molecule has 0 saturated carbocycles. The van der Waals surface area contributed by atoms with E-state index in [1.807, 2.05) is 45.8 Å². The van der Waals surface area contributed by atoms with Crippen molar-refractivity contribution >= 4 is 33.1 Å². The standard InChI is InChI=1S/2C4H4S.H2O4S/c2*1-2-4-5-3-1;1-5(2,3)4/h2*1-4H;(H2,1,2,3,4). The quantitative estimate of drug-likeness (QED) is 0.719. The molecule has 4 nitrogen and oxygen atoms in total. The molecule has 2 aromatic heterocycles. The predicted octanol–water partition coefficient (Wildman–Crippen LogP) is 2.84. The average Bonchev–Trinajstić information content (AvgIpc) is 2.81. The van der Waals surface area contributed by atoms with Crippen LogP contribution in [0.4, 0.5) is 0 Å². The second-order valence-corrected chi connectivity index (χ2v) is 4.56. The van der Waals surface area contributed by atoms with Crippen LogP contribution in [-0.2, 0) is 10.4 Å². The first-order chi connectivity index (χ1) is 7.00. The minimum Gasteiger partial charge on any atom is -0.264 e. The number of hydrogen-bond acceptors (Lipinski definition) is 4. The van der Waals surface area contributed by atoms with E-state index in [1.165, 1.54) is 0 Å².